The maximum Gasteiger partial charge on any atom is -0.00642 e. The van der Waals surface area contributed by atoms with Crippen LogP contribution in [0, 0.1) is 28.6 Å². The van der Waals surface area contributed by atoms with Gasteiger partial charge in [0, 0.05) is 0 Å². The topological polar surface area (TPSA) is 0 Å². The summed E-state index contributed by atoms with van der Waals surface area (Å²) in [5.41, 5.74) is 1.13. The van der Waals surface area contributed by atoms with Crippen LogP contribution in [-0.2, 0) is 0 Å². The largest absolute Gasteiger partial charge is 0.0911 e. The summed E-state index contributed by atoms with van der Waals surface area (Å²) in [6.45, 7) is 7.30. The van der Waals surface area contributed by atoms with E-state index in [1.54, 1.807) is 6.42 Å². The monoisotopic (exact) mass is 204 g/mol. The number of hydrogen-bond donors (Lipinski definition) is 0. The minimum absolute atomic E-state index is 0.509. The van der Waals surface area contributed by atoms with Crippen molar-refractivity contribution in [2.45, 2.75) is 52.9 Å². The second kappa shape index (κ2) is 2.90. The minimum Gasteiger partial charge on any atom is -0.0911 e. The highest BCUT2D eigenvalue weighted by Crippen LogP contribution is 2.68. The van der Waals surface area contributed by atoms with Crippen molar-refractivity contribution < 1.29 is 0 Å². The number of allylic oxidation sites excluding steroid dienone is 2. The standard InChI is InChI=1S/C15H24/c1-4-5-15(3)13-7-11-6-12(8-13)10-14(15,2)9-11/h4-5,11-13H,6-10H2,1-3H3. The lowest BCUT2D eigenvalue weighted by atomic mass is 9.40. The highest BCUT2D eigenvalue weighted by molar-refractivity contribution is 5.17. The predicted octanol–water partition coefficient (Wildman–Crippen LogP) is 4.42. The molecule has 3 atom stereocenters. The van der Waals surface area contributed by atoms with Gasteiger partial charge >= 0.3 is 0 Å². The molecule has 4 rings (SSSR count). The SMILES string of the molecule is CC=CC1(C)C2CC3CC(C2)CC1(C)C3. The van der Waals surface area contributed by atoms with Gasteiger partial charge in [0.1, 0.15) is 0 Å². The molecule has 3 unspecified atom stereocenters. The molecule has 0 spiro atoms. The van der Waals surface area contributed by atoms with Gasteiger partial charge in [-0.15, -0.1) is 0 Å². The molecule has 4 bridgehead atoms. The predicted molar refractivity (Wildman–Crippen MR) is 64.6 cm³/mol. The lowest BCUT2D eigenvalue weighted by Crippen LogP contribution is -2.56. The summed E-state index contributed by atoms with van der Waals surface area (Å²) >= 11 is 0. The average molecular weight is 204 g/mol. The third-order valence-corrected chi connectivity index (χ3v) is 6.04. The van der Waals surface area contributed by atoms with E-state index in [0.29, 0.717) is 10.8 Å². The molecule has 0 saturated heterocycles. The Hall–Kier alpha value is -0.260. The third kappa shape index (κ3) is 1.14. The van der Waals surface area contributed by atoms with Gasteiger partial charge in [0.05, 0.1) is 0 Å². The summed E-state index contributed by atoms with van der Waals surface area (Å²) in [4.78, 5) is 0. The zero-order valence-electron chi connectivity index (χ0n) is 10.4. The molecular formula is C15H24. The van der Waals surface area contributed by atoms with E-state index in [9.17, 15) is 0 Å². The Kier molecular flexibility index (Phi) is 1.92. The van der Waals surface area contributed by atoms with Gasteiger partial charge in [-0.05, 0) is 67.6 Å². The van der Waals surface area contributed by atoms with E-state index in [4.69, 9.17) is 0 Å². The van der Waals surface area contributed by atoms with Crippen LogP contribution in [0.1, 0.15) is 52.9 Å². The number of rotatable bonds is 1. The second-order valence-electron chi connectivity index (χ2n) is 6.89. The van der Waals surface area contributed by atoms with Crippen LogP contribution in [-0.4, -0.2) is 0 Å². The molecule has 0 aromatic rings. The van der Waals surface area contributed by atoms with E-state index >= 15 is 0 Å². The van der Waals surface area contributed by atoms with Crippen LogP contribution in [0.4, 0.5) is 0 Å². The summed E-state index contributed by atoms with van der Waals surface area (Å²) in [7, 11) is 0. The summed E-state index contributed by atoms with van der Waals surface area (Å²) < 4.78 is 0. The Morgan fingerprint density at radius 1 is 1.00 bits per heavy atom. The minimum atomic E-state index is 0.509. The van der Waals surface area contributed by atoms with Crippen LogP contribution in [0.15, 0.2) is 12.2 Å². The molecule has 0 heterocycles. The van der Waals surface area contributed by atoms with Gasteiger partial charge in [-0.2, -0.15) is 0 Å². The smallest absolute Gasteiger partial charge is 0.00642 e. The van der Waals surface area contributed by atoms with Gasteiger partial charge in [0.2, 0.25) is 0 Å². The molecular weight excluding hydrogens is 180 g/mol. The van der Waals surface area contributed by atoms with Gasteiger partial charge in [0.25, 0.3) is 0 Å². The molecule has 0 aromatic heterocycles. The number of hydrogen-bond acceptors (Lipinski definition) is 0. The van der Waals surface area contributed by atoms with Crippen molar-refractivity contribution in [3.63, 3.8) is 0 Å². The summed E-state index contributed by atoms with van der Waals surface area (Å²) in [6, 6.07) is 0. The molecule has 4 aliphatic carbocycles. The van der Waals surface area contributed by atoms with Crippen molar-refractivity contribution in [3.05, 3.63) is 12.2 Å². The Bertz CT molecular complexity index is 287. The molecule has 0 amide bonds. The average Bonchev–Trinajstić information content (AvgIpc) is 2.13. The lowest BCUT2D eigenvalue weighted by molar-refractivity contribution is -0.133. The van der Waals surface area contributed by atoms with E-state index in [2.05, 4.69) is 32.9 Å². The summed E-state index contributed by atoms with van der Waals surface area (Å²) in [6.07, 6.45) is 12.4. The van der Waals surface area contributed by atoms with Crippen molar-refractivity contribution in [3.8, 4) is 0 Å². The Balaban J connectivity index is 2.03. The fourth-order valence-electron chi connectivity index (χ4n) is 5.36. The van der Waals surface area contributed by atoms with Gasteiger partial charge in [-0.3, -0.25) is 0 Å². The van der Waals surface area contributed by atoms with Crippen LogP contribution in [0.3, 0.4) is 0 Å². The van der Waals surface area contributed by atoms with Gasteiger partial charge in [0.15, 0.2) is 0 Å². The van der Waals surface area contributed by atoms with Crippen molar-refractivity contribution in [2.75, 3.05) is 0 Å². The van der Waals surface area contributed by atoms with Gasteiger partial charge in [-0.25, -0.2) is 0 Å². The zero-order valence-corrected chi connectivity index (χ0v) is 10.4. The van der Waals surface area contributed by atoms with Crippen molar-refractivity contribution in [1.82, 2.24) is 0 Å². The van der Waals surface area contributed by atoms with E-state index in [1.165, 1.54) is 25.7 Å². The zero-order chi connectivity index (χ0) is 10.7. The first-order valence-electron chi connectivity index (χ1n) is 6.71. The second-order valence-corrected chi connectivity index (χ2v) is 6.89. The Labute approximate surface area is 94.1 Å². The summed E-state index contributed by atoms with van der Waals surface area (Å²) in [5, 5.41) is 0. The van der Waals surface area contributed by atoms with Crippen molar-refractivity contribution in [1.29, 1.82) is 0 Å². The molecule has 0 radical (unpaired) electrons. The van der Waals surface area contributed by atoms with Crippen LogP contribution < -0.4 is 0 Å². The van der Waals surface area contributed by atoms with Gasteiger partial charge < -0.3 is 0 Å². The van der Waals surface area contributed by atoms with E-state index in [1.807, 2.05) is 0 Å². The Morgan fingerprint density at radius 3 is 2.07 bits per heavy atom. The molecule has 15 heavy (non-hydrogen) atoms. The van der Waals surface area contributed by atoms with Crippen molar-refractivity contribution >= 4 is 0 Å². The van der Waals surface area contributed by atoms with Crippen molar-refractivity contribution in [2.24, 2.45) is 28.6 Å². The normalized spacial score (nSPS) is 57.9. The highest BCUT2D eigenvalue weighted by Gasteiger charge is 2.59. The quantitative estimate of drug-likeness (QED) is 0.555. The molecule has 0 aromatic carbocycles. The molecule has 4 fully saturated rings. The van der Waals surface area contributed by atoms with E-state index < -0.39 is 0 Å². The van der Waals surface area contributed by atoms with Crippen LogP contribution in [0.25, 0.3) is 0 Å². The van der Waals surface area contributed by atoms with Gasteiger partial charge in [-0.1, -0.05) is 26.0 Å². The fraction of sp³-hybridized carbons (Fsp3) is 0.867. The molecule has 0 heteroatoms. The molecule has 0 nitrogen and oxygen atoms in total. The molecule has 0 N–H and O–H groups in total. The fourth-order valence-corrected chi connectivity index (χ4v) is 5.36. The first kappa shape index (κ1) is 9.93. The highest BCUT2D eigenvalue weighted by atomic mass is 14.6. The Morgan fingerprint density at radius 2 is 1.60 bits per heavy atom. The molecule has 84 valence electrons. The molecule has 4 saturated carbocycles. The maximum atomic E-state index is 2.57. The van der Waals surface area contributed by atoms with Crippen LogP contribution in [0.5, 0.6) is 0 Å². The van der Waals surface area contributed by atoms with E-state index in [-0.39, 0.29) is 0 Å². The van der Waals surface area contributed by atoms with Crippen LogP contribution >= 0.6 is 0 Å². The van der Waals surface area contributed by atoms with Crippen LogP contribution in [0.2, 0.25) is 0 Å². The third-order valence-electron chi connectivity index (χ3n) is 6.04. The molecule has 4 aliphatic rings. The molecule has 0 aliphatic heterocycles. The maximum absolute atomic E-state index is 2.57. The lowest BCUT2D eigenvalue weighted by Gasteiger charge is -2.65. The summed E-state index contributed by atoms with van der Waals surface area (Å²) in [5.74, 6) is 3.14. The first-order valence-corrected chi connectivity index (χ1v) is 6.71. The first-order chi connectivity index (χ1) is 7.07. The van der Waals surface area contributed by atoms with E-state index in [0.717, 1.165) is 17.8 Å².